The van der Waals surface area contributed by atoms with E-state index in [4.69, 9.17) is 5.73 Å². The first-order valence-electron chi connectivity index (χ1n) is 11.2. The second kappa shape index (κ2) is 9.43. The van der Waals surface area contributed by atoms with Gasteiger partial charge in [0.25, 0.3) is 0 Å². The normalized spacial score (nSPS) is 22.2. The highest BCUT2D eigenvalue weighted by molar-refractivity contribution is 5.94. The fraction of sp³-hybridized carbons (Fsp3) is 0.458. The van der Waals surface area contributed by atoms with Gasteiger partial charge in [-0.15, -0.1) is 0 Å². The summed E-state index contributed by atoms with van der Waals surface area (Å²) in [7, 11) is 1.47. The predicted octanol–water partition coefficient (Wildman–Crippen LogP) is 2.68. The lowest BCUT2D eigenvalue weighted by atomic mass is 9.88. The van der Waals surface area contributed by atoms with Crippen LogP contribution in [0.15, 0.2) is 42.6 Å². The van der Waals surface area contributed by atoms with Crippen molar-refractivity contribution in [1.29, 1.82) is 0 Å². The van der Waals surface area contributed by atoms with E-state index in [-0.39, 0.29) is 18.1 Å². The van der Waals surface area contributed by atoms with Crippen molar-refractivity contribution in [1.82, 2.24) is 19.7 Å². The fourth-order valence-electron chi connectivity index (χ4n) is 4.98. The van der Waals surface area contributed by atoms with Gasteiger partial charge >= 0.3 is 6.03 Å². The predicted molar refractivity (Wildman–Crippen MR) is 119 cm³/mol. The Morgan fingerprint density at radius 2 is 1.91 bits per heavy atom. The van der Waals surface area contributed by atoms with Crippen LogP contribution in [0, 0.1) is 11.6 Å². The van der Waals surface area contributed by atoms with Crippen LogP contribution in [0.3, 0.4) is 0 Å². The van der Waals surface area contributed by atoms with Crippen LogP contribution in [-0.2, 0) is 10.3 Å². The van der Waals surface area contributed by atoms with Crippen LogP contribution in [-0.4, -0.2) is 71.4 Å². The highest BCUT2D eigenvalue weighted by Gasteiger charge is 2.53. The molecule has 0 saturated carbocycles. The van der Waals surface area contributed by atoms with Gasteiger partial charge in [-0.1, -0.05) is 12.1 Å². The molecule has 9 heteroatoms. The Labute approximate surface area is 192 Å². The van der Waals surface area contributed by atoms with Crippen molar-refractivity contribution in [3.8, 4) is 0 Å². The van der Waals surface area contributed by atoms with E-state index in [0.29, 0.717) is 12.5 Å². The highest BCUT2D eigenvalue weighted by Crippen LogP contribution is 2.36. The maximum Gasteiger partial charge on any atom is 0.321 e. The lowest BCUT2D eigenvalue weighted by Crippen LogP contribution is -2.52. The first kappa shape index (κ1) is 23.1. The smallest absolute Gasteiger partial charge is 0.321 e. The first-order valence-corrected chi connectivity index (χ1v) is 11.2. The lowest BCUT2D eigenvalue weighted by molar-refractivity contribution is -0.127. The number of nitrogens with zero attached hydrogens (tertiary/aromatic N) is 4. The second-order valence-electron chi connectivity index (χ2n) is 8.84. The summed E-state index contributed by atoms with van der Waals surface area (Å²) in [5.41, 5.74) is 5.46. The van der Waals surface area contributed by atoms with Gasteiger partial charge in [0.05, 0.1) is 6.54 Å². The molecule has 2 aliphatic heterocycles. The number of primary amides is 1. The summed E-state index contributed by atoms with van der Waals surface area (Å²) < 4.78 is 27.3. The van der Waals surface area contributed by atoms with Crippen molar-refractivity contribution in [2.75, 3.05) is 39.8 Å². The van der Waals surface area contributed by atoms with Crippen molar-refractivity contribution in [3.63, 3.8) is 0 Å². The number of likely N-dealkylation sites (N-methyl/N-ethyl adjacent to an activating group) is 1. The largest absolute Gasteiger partial charge is 0.367 e. The number of amides is 3. The van der Waals surface area contributed by atoms with Gasteiger partial charge in [0, 0.05) is 31.4 Å². The van der Waals surface area contributed by atoms with Crippen molar-refractivity contribution >= 4 is 11.9 Å². The number of rotatable bonds is 7. The zero-order valence-corrected chi connectivity index (χ0v) is 18.7. The first-order chi connectivity index (χ1) is 15.8. The van der Waals surface area contributed by atoms with Crippen molar-refractivity contribution < 1.29 is 18.4 Å². The number of piperidine rings is 1. The molecule has 2 N–H and O–H groups in total. The number of pyridine rings is 1. The molecule has 1 aromatic heterocycles. The molecular weight excluding hydrogens is 428 g/mol. The summed E-state index contributed by atoms with van der Waals surface area (Å²) in [6, 6.07) is 8.87. The zero-order chi connectivity index (χ0) is 23.6. The average Bonchev–Trinajstić information content (AvgIpc) is 3.08. The molecule has 2 aromatic rings. The van der Waals surface area contributed by atoms with Gasteiger partial charge in [-0.05, 0) is 68.7 Å². The molecule has 176 valence electrons. The molecule has 3 amide bonds. The van der Waals surface area contributed by atoms with Gasteiger partial charge in [-0.3, -0.25) is 9.78 Å². The number of benzene rings is 1. The molecule has 0 spiro atoms. The molecule has 0 bridgehead atoms. The van der Waals surface area contributed by atoms with E-state index in [2.05, 4.69) is 16.0 Å². The van der Waals surface area contributed by atoms with E-state index < -0.39 is 23.1 Å². The van der Waals surface area contributed by atoms with Gasteiger partial charge in [0.15, 0.2) is 17.2 Å². The maximum absolute atomic E-state index is 13.9. The molecule has 2 fully saturated rings. The molecule has 2 saturated heterocycles. The number of likely N-dealkylation sites (tertiary alicyclic amines) is 1. The number of hydrogen-bond acceptors (Lipinski definition) is 4. The van der Waals surface area contributed by atoms with Crippen molar-refractivity contribution in [2.24, 2.45) is 5.73 Å². The summed E-state index contributed by atoms with van der Waals surface area (Å²) in [6.07, 6.45) is 4.66. The van der Waals surface area contributed by atoms with Gasteiger partial charge in [-0.25, -0.2) is 13.6 Å². The third-order valence-electron chi connectivity index (χ3n) is 6.95. The second-order valence-corrected chi connectivity index (χ2v) is 8.84. The van der Waals surface area contributed by atoms with Crippen molar-refractivity contribution in [2.45, 2.75) is 30.7 Å². The molecule has 0 aliphatic carbocycles. The van der Waals surface area contributed by atoms with Gasteiger partial charge in [0.1, 0.15) is 0 Å². The van der Waals surface area contributed by atoms with Crippen LogP contribution in [0.25, 0.3) is 0 Å². The van der Waals surface area contributed by atoms with E-state index in [0.717, 1.165) is 56.7 Å². The average molecular weight is 458 g/mol. The Balaban J connectivity index is 1.35. The molecule has 4 rings (SSSR count). The third kappa shape index (κ3) is 4.42. The van der Waals surface area contributed by atoms with Crippen LogP contribution < -0.4 is 5.73 Å². The minimum Gasteiger partial charge on any atom is -0.367 e. The molecule has 1 unspecified atom stereocenters. The van der Waals surface area contributed by atoms with E-state index in [1.165, 1.54) is 18.0 Å². The van der Waals surface area contributed by atoms with Crippen LogP contribution in [0.4, 0.5) is 13.6 Å². The molecule has 3 heterocycles. The lowest BCUT2D eigenvalue weighted by Gasteiger charge is -2.32. The zero-order valence-electron chi connectivity index (χ0n) is 18.7. The third-order valence-corrected chi connectivity index (χ3v) is 6.95. The fourth-order valence-corrected chi connectivity index (χ4v) is 4.98. The maximum atomic E-state index is 13.9. The monoisotopic (exact) mass is 457 g/mol. The Morgan fingerprint density at radius 1 is 1.15 bits per heavy atom. The number of nitrogens with two attached hydrogens (primary N) is 1. The van der Waals surface area contributed by atoms with Crippen LogP contribution in [0.5, 0.6) is 0 Å². The van der Waals surface area contributed by atoms with Crippen LogP contribution in [0.2, 0.25) is 0 Å². The Hall–Kier alpha value is -3.07. The molecular formula is C24H29F2N5O2. The Bertz CT molecular complexity index is 1010. The number of hydrogen-bond donors (Lipinski definition) is 1. The van der Waals surface area contributed by atoms with Gasteiger partial charge in [0.2, 0.25) is 5.91 Å². The highest BCUT2D eigenvalue weighted by atomic mass is 19.2. The van der Waals surface area contributed by atoms with Crippen LogP contribution in [0.1, 0.15) is 36.4 Å². The summed E-state index contributed by atoms with van der Waals surface area (Å²) in [6.45, 7) is 3.22. The Kier molecular flexibility index (Phi) is 6.60. The molecule has 33 heavy (non-hydrogen) atoms. The molecule has 1 aromatic carbocycles. The van der Waals surface area contributed by atoms with E-state index in [9.17, 15) is 18.4 Å². The molecule has 1 atom stereocenters. The summed E-state index contributed by atoms with van der Waals surface area (Å²) in [4.78, 5) is 35.0. The summed E-state index contributed by atoms with van der Waals surface area (Å²) in [5.74, 6) is -2.40. The summed E-state index contributed by atoms with van der Waals surface area (Å²) in [5, 5.41) is 0. The van der Waals surface area contributed by atoms with Gasteiger partial charge < -0.3 is 20.4 Å². The minimum absolute atomic E-state index is 0.00445. The van der Waals surface area contributed by atoms with E-state index in [1.807, 2.05) is 18.3 Å². The topological polar surface area (TPSA) is 82.8 Å². The SMILES string of the molecule is CN1C(=O)N(CCCN2CCC(c3ccccn3)CC2)CC1(C(N)=O)c1ccc(F)c(F)c1. The number of carbonyl (C=O) groups is 2. The quantitative estimate of drug-likeness (QED) is 0.693. The van der Waals surface area contributed by atoms with Crippen LogP contribution >= 0.6 is 0 Å². The number of urea groups is 1. The number of aromatic nitrogens is 1. The van der Waals surface area contributed by atoms with E-state index >= 15 is 0 Å². The van der Waals surface area contributed by atoms with E-state index in [1.54, 1.807) is 4.90 Å². The molecule has 7 nitrogen and oxygen atoms in total. The molecule has 2 aliphatic rings. The van der Waals surface area contributed by atoms with Crippen molar-refractivity contribution in [3.05, 3.63) is 65.5 Å². The molecule has 0 radical (unpaired) electrons. The minimum atomic E-state index is -1.54. The standard InChI is InChI=1S/C24H29F2N5O2/c1-29-23(33)31(16-24(29,22(27)32)18-6-7-19(25)20(26)15-18)12-4-11-30-13-8-17(9-14-30)21-5-2-3-10-28-21/h2-3,5-7,10,15,17H,4,8-9,11-14,16H2,1H3,(H2,27,32). The van der Waals surface area contributed by atoms with Gasteiger partial charge in [-0.2, -0.15) is 0 Å². The summed E-state index contributed by atoms with van der Waals surface area (Å²) >= 11 is 0. The number of carbonyl (C=O) groups excluding carboxylic acids is 2. The number of halogens is 2. The Morgan fingerprint density at radius 3 is 2.55 bits per heavy atom.